The first-order chi connectivity index (χ1) is 10.3. The van der Waals surface area contributed by atoms with Gasteiger partial charge in [0.2, 0.25) is 0 Å². The Bertz CT molecular complexity index is 547. The number of para-hydroxylation sites is 2. The summed E-state index contributed by atoms with van der Waals surface area (Å²) in [5.74, 6) is 2.33. The fraction of sp³-hybridized carbons (Fsp3) is 0.333. The fourth-order valence-corrected chi connectivity index (χ4v) is 2.31. The smallest absolute Gasteiger partial charge is 0.169 e. The fourth-order valence-electron chi connectivity index (χ4n) is 2.31. The number of benzene rings is 2. The maximum atomic E-state index is 5.92. The highest BCUT2D eigenvalue weighted by molar-refractivity contribution is 5.43. The first kappa shape index (κ1) is 15.4. The van der Waals surface area contributed by atoms with E-state index in [1.807, 2.05) is 50.4 Å². The molecule has 2 aromatic rings. The molecule has 0 bridgehead atoms. The third-order valence-corrected chi connectivity index (χ3v) is 3.42. The summed E-state index contributed by atoms with van der Waals surface area (Å²) in [5.41, 5.74) is 1.27. The largest absolute Gasteiger partial charge is 0.490 e. The van der Waals surface area contributed by atoms with Crippen molar-refractivity contribution in [3.05, 3.63) is 54.1 Å². The zero-order valence-electron chi connectivity index (χ0n) is 12.9. The van der Waals surface area contributed by atoms with E-state index in [1.54, 1.807) is 0 Å². The van der Waals surface area contributed by atoms with Gasteiger partial charge in [-0.15, -0.1) is 0 Å². The number of hydrogen-bond donors (Lipinski definition) is 1. The Labute approximate surface area is 126 Å². The van der Waals surface area contributed by atoms with Gasteiger partial charge in [-0.1, -0.05) is 31.2 Å². The summed E-state index contributed by atoms with van der Waals surface area (Å²) in [7, 11) is 1.98. The number of rotatable bonds is 7. The minimum atomic E-state index is 0.384. The van der Waals surface area contributed by atoms with Crippen LogP contribution in [0.15, 0.2) is 48.5 Å². The Morgan fingerprint density at radius 3 is 2.19 bits per heavy atom. The molecule has 0 saturated heterocycles. The van der Waals surface area contributed by atoms with Crippen molar-refractivity contribution >= 4 is 0 Å². The summed E-state index contributed by atoms with van der Waals surface area (Å²) in [6, 6.07) is 16.3. The number of hydrogen-bond acceptors (Lipinski definition) is 3. The molecule has 2 rings (SSSR count). The molecule has 0 aliphatic rings. The van der Waals surface area contributed by atoms with Gasteiger partial charge >= 0.3 is 0 Å². The highest BCUT2D eigenvalue weighted by atomic mass is 16.5. The van der Waals surface area contributed by atoms with Crippen molar-refractivity contribution in [1.82, 2.24) is 5.32 Å². The molecule has 21 heavy (non-hydrogen) atoms. The minimum Gasteiger partial charge on any atom is -0.490 e. The molecule has 2 aromatic carbocycles. The van der Waals surface area contributed by atoms with Crippen LogP contribution in [0, 0.1) is 0 Å². The standard InChI is InChI=1S/C18H23NO2/c1-4-16(19-3)14-10-12-15(13-11-14)21-18-9-7-6-8-17(18)20-5-2/h6-13,16,19H,4-5H2,1-3H3. The van der Waals surface area contributed by atoms with Gasteiger partial charge in [0.15, 0.2) is 11.5 Å². The second-order valence-corrected chi connectivity index (χ2v) is 4.80. The molecule has 3 nitrogen and oxygen atoms in total. The highest BCUT2D eigenvalue weighted by Gasteiger charge is 2.08. The van der Waals surface area contributed by atoms with E-state index < -0.39 is 0 Å². The molecular weight excluding hydrogens is 262 g/mol. The van der Waals surface area contributed by atoms with E-state index in [4.69, 9.17) is 9.47 Å². The lowest BCUT2D eigenvalue weighted by molar-refractivity contribution is 0.321. The second kappa shape index (κ2) is 7.70. The normalized spacial score (nSPS) is 12.0. The van der Waals surface area contributed by atoms with Crippen LogP contribution >= 0.6 is 0 Å². The molecule has 0 amide bonds. The average Bonchev–Trinajstić information content (AvgIpc) is 2.52. The highest BCUT2D eigenvalue weighted by Crippen LogP contribution is 2.31. The zero-order valence-corrected chi connectivity index (χ0v) is 12.9. The minimum absolute atomic E-state index is 0.384. The quantitative estimate of drug-likeness (QED) is 0.809. The van der Waals surface area contributed by atoms with Gasteiger partial charge in [0.05, 0.1) is 6.61 Å². The first-order valence-electron chi connectivity index (χ1n) is 7.45. The van der Waals surface area contributed by atoms with Crippen LogP contribution in [0.2, 0.25) is 0 Å². The molecular formula is C18H23NO2. The third-order valence-electron chi connectivity index (χ3n) is 3.42. The molecule has 0 fully saturated rings. The van der Waals surface area contributed by atoms with Crippen molar-refractivity contribution in [1.29, 1.82) is 0 Å². The molecule has 0 aromatic heterocycles. The van der Waals surface area contributed by atoms with E-state index in [1.165, 1.54) is 5.56 Å². The maximum Gasteiger partial charge on any atom is 0.169 e. The predicted molar refractivity (Wildman–Crippen MR) is 86.2 cm³/mol. The molecule has 0 aliphatic carbocycles. The summed E-state index contributed by atoms with van der Waals surface area (Å²) >= 11 is 0. The van der Waals surface area contributed by atoms with Gasteiger partial charge < -0.3 is 14.8 Å². The van der Waals surface area contributed by atoms with Crippen LogP contribution in [0.5, 0.6) is 17.2 Å². The Morgan fingerprint density at radius 1 is 0.952 bits per heavy atom. The van der Waals surface area contributed by atoms with Gasteiger partial charge in [0, 0.05) is 6.04 Å². The maximum absolute atomic E-state index is 5.92. The Kier molecular flexibility index (Phi) is 5.64. The Morgan fingerprint density at radius 2 is 1.62 bits per heavy atom. The Hall–Kier alpha value is -2.00. The molecule has 0 aliphatic heterocycles. The molecule has 112 valence electrons. The molecule has 0 radical (unpaired) electrons. The number of ether oxygens (including phenoxy) is 2. The number of nitrogens with one attached hydrogen (secondary N) is 1. The summed E-state index contributed by atoms with van der Waals surface area (Å²) < 4.78 is 11.5. The SMILES string of the molecule is CCOc1ccccc1Oc1ccc(C(CC)NC)cc1. The molecule has 1 N–H and O–H groups in total. The van der Waals surface area contributed by atoms with Gasteiger partial charge in [-0.2, -0.15) is 0 Å². The lowest BCUT2D eigenvalue weighted by Gasteiger charge is -2.15. The zero-order chi connectivity index (χ0) is 15.1. The molecule has 1 unspecified atom stereocenters. The van der Waals surface area contributed by atoms with Crippen LogP contribution in [0.25, 0.3) is 0 Å². The summed E-state index contributed by atoms with van der Waals surface area (Å²) in [5, 5.41) is 3.30. The van der Waals surface area contributed by atoms with Crippen LogP contribution in [-0.4, -0.2) is 13.7 Å². The van der Waals surface area contributed by atoms with Crippen LogP contribution in [0.1, 0.15) is 31.9 Å². The second-order valence-electron chi connectivity index (χ2n) is 4.80. The van der Waals surface area contributed by atoms with Gasteiger partial charge in [0.1, 0.15) is 5.75 Å². The van der Waals surface area contributed by atoms with E-state index in [2.05, 4.69) is 24.4 Å². The molecule has 1 atom stereocenters. The van der Waals surface area contributed by atoms with Gasteiger partial charge in [-0.3, -0.25) is 0 Å². The predicted octanol–water partition coefficient (Wildman–Crippen LogP) is 4.55. The van der Waals surface area contributed by atoms with Crippen molar-refractivity contribution in [3.63, 3.8) is 0 Å². The summed E-state index contributed by atoms with van der Waals surface area (Å²) in [6.07, 6.45) is 1.06. The van der Waals surface area contributed by atoms with Crippen molar-refractivity contribution in [3.8, 4) is 17.2 Å². The lowest BCUT2D eigenvalue weighted by Crippen LogP contribution is -2.14. The van der Waals surface area contributed by atoms with E-state index in [9.17, 15) is 0 Å². The lowest BCUT2D eigenvalue weighted by atomic mass is 10.0. The van der Waals surface area contributed by atoms with Crippen LogP contribution in [0.4, 0.5) is 0 Å². The molecule has 0 heterocycles. The van der Waals surface area contributed by atoms with Gasteiger partial charge in [-0.25, -0.2) is 0 Å². The van der Waals surface area contributed by atoms with Crippen LogP contribution < -0.4 is 14.8 Å². The van der Waals surface area contributed by atoms with Crippen molar-refractivity contribution in [2.45, 2.75) is 26.3 Å². The van der Waals surface area contributed by atoms with Gasteiger partial charge in [0.25, 0.3) is 0 Å². The van der Waals surface area contributed by atoms with Gasteiger partial charge in [-0.05, 0) is 50.2 Å². The van der Waals surface area contributed by atoms with E-state index in [0.29, 0.717) is 12.6 Å². The van der Waals surface area contributed by atoms with E-state index >= 15 is 0 Å². The third kappa shape index (κ3) is 3.99. The van der Waals surface area contributed by atoms with Crippen molar-refractivity contribution in [2.75, 3.05) is 13.7 Å². The van der Waals surface area contributed by atoms with Crippen molar-refractivity contribution < 1.29 is 9.47 Å². The summed E-state index contributed by atoms with van der Waals surface area (Å²) in [4.78, 5) is 0. The first-order valence-corrected chi connectivity index (χ1v) is 7.45. The monoisotopic (exact) mass is 285 g/mol. The molecule has 3 heteroatoms. The summed E-state index contributed by atoms with van der Waals surface area (Å²) in [6.45, 7) is 4.76. The molecule has 0 saturated carbocycles. The van der Waals surface area contributed by atoms with E-state index in [-0.39, 0.29) is 0 Å². The Balaban J connectivity index is 2.13. The topological polar surface area (TPSA) is 30.5 Å². The van der Waals surface area contributed by atoms with E-state index in [0.717, 1.165) is 23.7 Å². The van der Waals surface area contributed by atoms with Crippen molar-refractivity contribution in [2.24, 2.45) is 0 Å². The molecule has 0 spiro atoms. The van der Waals surface area contributed by atoms with Crippen LogP contribution in [0.3, 0.4) is 0 Å². The average molecular weight is 285 g/mol. The van der Waals surface area contributed by atoms with Crippen LogP contribution in [-0.2, 0) is 0 Å².